The minimum atomic E-state index is -0.896. The number of carboxylic acid groups (broad SMARTS) is 1. The molecule has 98 valence electrons. The number of carbonyl (C=O) groups is 1. The molecule has 0 bridgehead atoms. The predicted octanol–water partition coefficient (Wildman–Crippen LogP) is 1.97. The van der Waals surface area contributed by atoms with Crippen LogP contribution in [0, 0.1) is 6.92 Å². The second-order valence-electron chi connectivity index (χ2n) is 4.39. The molecule has 5 heteroatoms. The van der Waals surface area contributed by atoms with Crippen LogP contribution in [0.2, 0.25) is 0 Å². The number of benzene rings is 1. The average Bonchev–Trinajstić information content (AvgIpc) is 2.39. The molecule has 0 aliphatic heterocycles. The van der Waals surface area contributed by atoms with Gasteiger partial charge in [-0.05, 0) is 19.1 Å². The van der Waals surface area contributed by atoms with Crippen LogP contribution in [0.3, 0.4) is 0 Å². The predicted molar refractivity (Wildman–Crippen MR) is 73.1 cm³/mol. The Morgan fingerprint density at radius 1 is 1.16 bits per heavy atom. The largest absolute Gasteiger partial charge is 0.480 e. The van der Waals surface area contributed by atoms with E-state index in [0.717, 1.165) is 11.3 Å². The van der Waals surface area contributed by atoms with Gasteiger partial charge in [-0.2, -0.15) is 0 Å². The van der Waals surface area contributed by atoms with Crippen LogP contribution in [0.4, 0.5) is 5.82 Å². The molecule has 0 radical (unpaired) electrons. The molecular formula is C14H15N3O2. The van der Waals surface area contributed by atoms with Gasteiger partial charge in [-0.3, -0.25) is 4.79 Å². The highest BCUT2D eigenvalue weighted by Crippen LogP contribution is 2.18. The number of rotatable bonds is 4. The monoisotopic (exact) mass is 257 g/mol. The molecule has 19 heavy (non-hydrogen) atoms. The van der Waals surface area contributed by atoms with Crippen LogP contribution in [0.25, 0.3) is 11.3 Å². The van der Waals surface area contributed by atoms with Crippen LogP contribution in [-0.2, 0) is 4.79 Å². The number of aryl methyl sites for hydroxylation is 1. The van der Waals surface area contributed by atoms with Crippen LogP contribution < -0.4 is 4.90 Å². The second kappa shape index (κ2) is 5.48. The number of likely N-dealkylation sites (N-methyl/N-ethyl adjacent to an activating group) is 1. The lowest BCUT2D eigenvalue weighted by Crippen LogP contribution is -2.26. The van der Waals surface area contributed by atoms with Crippen LogP contribution in [-0.4, -0.2) is 34.9 Å². The van der Waals surface area contributed by atoms with E-state index in [1.54, 1.807) is 13.1 Å². The van der Waals surface area contributed by atoms with Crippen molar-refractivity contribution in [2.24, 2.45) is 0 Å². The van der Waals surface area contributed by atoms with Gasteiger partial charge in [0.2, 0.25) is 0 Å². The van der Waals surface area contributed by atoms with Gasteiger partial charge in [0.25, 0.3) is 0 Å². The Balaban J connectivity index is 2.18. The van der Waals surface area contributed by atoms with Gasteiger partial charge < -0.3 is 10.0 Å². The number of aliphatic carboxylic acids is 1. The van der Waals surface area contributed by atoms with E-state index in [-0.39, 0.29) is 6.54 Å². The molecule has 0 unspecified atom stereocenters. The summed E-state index contributed by atoms with van der Waals surface area (Å²) in [6, 6.07) is 11.6. The molecule has 1 aromatic heterocycles. The molecule has 0 aliphatic rings. The number of hydrogen-bond acceptors (Lipinski definition) is 4. The van der Waals surface area contributed by atoms with Crippen molar-refractivity contribution in [3.8, 4) is 11.3 Å². The Bertz CT molecular complexity index is 564. The van der Waals surface area contributed by atoms with Gasteiger partial charge >= 0.3 is 5.97 Å². The first kappa shape index (κ1) is 13.0. The van der Waals surface area contributed by atoms with Crippen molar-refractivity contribution >= 4 is 11.8 Å². The minimum Gasteiger partial charge on any atom is -0.480 e. The van der Waals surface area contributed by atoms with E-state index in [1.807, 2.05) is 37.3 Å². The van der Waals surface area contributed by atoms with Gasteiger partial charge in [0.1, 0.15) is 6.54 Å². The van der Waals surface area contributed by atoms with Crippen LogP contribution >= 0.6 is 0 Å². The number of hydrogen-bond donors (Lipinski definition) is 1. The molecule has 0 aliphatic carbocycles. The van der Waals surface area contributed by atoms with Crippen molar-refractivity contribution < 1.29 is 9.90 Å². The summed E-state index contributed by atoms with van der Waals surface area (Å²) in [4.78, 5) is 12.1. The zero-order valence-corrected chi connectivity index (χ0v) is 10.9. The minimum absolute atomic E-state index is 0.0987. The lowest BCUT2D eigenvalue weighted by molar-refractivity contribution is -0.135. The summed E-state index contributed by atoms with van der Waals surface area (Å²) in [7, 11) is 1.67. The van der Waals surface area contributed by atoms with Crippen molar-refractivity contribution in [3.05, 3.63) is 42.0 Å². The summed E-state index contributed by atoms with van der Waals surface area (Å²) in [5.41, 5.74) is 2.95. The summed E-state index contributed by atoms with van der Waals surface area (Å²) in [5.74, 6) is -0.356. The van der Waals surface area contributed by atoms with Crippen LogP contribution in [0.5, 0.6) is 0 Å². The summed E-state index contributed by atoms with van der Waals surface area (Å²) in [5, 5.41) is 16.9. The van der Waals surface area contributed by atoms with Crippen LogP contribution in [0.1, 0.15) is 5.56 Å². The zero-order valence-electron chi connectivity index (χ0n) is 10.9. The molecule has 0 fully saturated rings. The highest BCUT2D eigenvalue weighted by Gasteiger charge is 2.08. The number of anilines is 1. The Labute approximate surface area is 111 Å². The SMILES string of the molecule is Cc1ccc(-c2ccc(N(C)CC(=O)O)nn2)cc1. The van der Waals surface area contributed by atoms with Crippen molar-refractivity contribution in [1.29, 1.82) is 0 Å². The van der Waals surface area contributed by atoms with E-state index in [1.165, 1.54) is 10.5 Å². The highest BCUT2D eigenvalue weighted by molar-refractivity contribution is 5.73. The van der Waals surface area contributed by atoms with E-state index in [0.29, 0.717) is 5.82 Å². The molecule has 1 aromatic carbocycles. The molecular weight excluding hydrogens is 242 g/mol. The Hall–Kier alpha value is -2.43. The smallest absolute Gasteiger partial charge is 0.323 e. The molecule has 0 amide bonds. The number of aromatic nitrogens is 2. The standard InChI is InChI=1S/C14H15N3O2/c1-10-3-5-11(6-4-10)12-7-8-13(16-15-12)17(2)9-14(18)19/h3-8H,9H2,1-2H3,(H,18,19). The second-order valence-corrected chi connectivity index (χ2v) is 4.39. The average molecular weight is 257 g/mol. The fourth-order valence-corrected chi connectivity index (χ4v) is 1.69. The fraction of sp³-hybridized carbons (Fsp3) is 0.214. The van der Waals surface area contributed by atoms with E-state index >= 15 is 0 Å². The maximum Gasteiger partial charge on any atom is 0.323 e. The first-order valence-electron chi connectivity index (χ1n) is 5.90. The van der Waals surface area contributed by atoms with Crippen LogP contribution in [0.15, 0.2) is 36.4 Å². The summed E-state index contributed by atoms with van der Waals surface area (Å²) >= 11 is 0. The Kier molecular flexibility index (Phi) is 3.75. The van der Waals surface area contributed by atoms with Gasteiger partial charge in [0.15, 0.2) is 5.82 Å². The first-order chi connectivity index (χ1) is 9.06. The summed E-state index contributed by atoms with van der Waals surface area (Å²) in [6.45, 7) is 1.93. The Morgan fingerprint density at radius 3 is 2.37 bits per heavy atom. The van der Waals surface area contributed by atoms with Crippen molar-refractivity contribution in [2.75, 3.05) is 18.5 Å². The molecule has 0 atom stereocenters. The van der Waals surface area contributed by atoms with E-state index in [9.17, 15) is 4.79 Å². The molecule has 0 saturated heterocycles. The Morgan fingerprint density at radius 2 is 1.84 bits per heavy atom. The van der Waals surface area contributed by atoms with Crippen molar-refractivity contribution in [2.45, 2.75) is 6.92 Å². The third kappa shape index (κ3) is 3.28. The van der Waals surface area contributed by atoms with Gasteiger partial charge in [0.05, 0.1) is 5.69 Å². The topological polar surface area (TPSA) is 66.3 Å². The fourth-order valence-electron chi connectivity index (χ4n) is 1.69. The summed E-state index contributed by atoms with van der Waals surface area (Å²) < 4.78 is 0. The van der Waals surface area contributed by atoms with Gasteiger partial charge in [-0.25, -0.2) is 0 Å². The van der Waals surface area contributed by atoms with Crippen molar-refractivity contribution in [1.82, 2.24) is 10.2 Å². The van der Waals surface area contributed by atoms with Gasteiger partial charge in [-0.15, -0.1) is 10.2 Å². The lowest BCUT2D eigenvalue weighted by Gasteiger charge is -2.14. The van der Waals surface area contributed by atoms with Gasteiger partial charge in [-0.1, -0.05) is 29.8 Å². The third-order valence-corrected chi connectivity index (χ3v) is 2.76. The third-order valence-electron chi connectivity index (χ3n) is 2.76. The number of nitrogens with zero attached hydrogens (tertiary/aromatic N) is 3. The number of carboxylic acids is 1. The van der Waals surface area contributed by atoms with Gasteiger partial charge in [0, 0.05) is 12.6 Å². The molecule has 2 rings (SSSR count). The van der Waals surface area contributed by atoms with Crippen molar-refractivity contribution in [3.63, 3.8) is 0 Å². The summed E-state index contributed by atoms with van der Waals surface area (Å²) in [6.07, 6.45) is 0. The van der Waals surface area contributed by atoms with E-state index in [4.69, 9.17) is 5.11 Å². The highest BCUT2D eigenvalue weighted by atomic mass is 16.4. The van der Waals surface area contributed by atoms with E-state index < -0.39 is 5.97 Å². The molecule has 0 spiro atoms. The molecule has 1 N–H and O–H groups in total. The molecule has 1 heterocycles. The van der Waals surface area contributed by atoms with E-state index in [2.05, 4.69) is 10.2 Å². The maximum absolute atomic E-state index is 10.6. The molecule has 5 nitrogen and oxygen atoms in total. The maximum atomic E-state index is 10.6. The normalized spacial score (nSPS) is 10.2. The first-order valence-corrected chi connectivity index (χ1v) is 5.90. The lowest BCUT2D eigenvalue weighted by atomic mass is 10.1. The molecule has 2 aromatic rings. The quantitative estimate of drug-likeness (QED) is 0.907. The molecule has 0 saturated carbocycles. The zero-order chi connectivity index (χ0) is 13.8.